The molecule has 0 saturated carbocycles. The predicted molar refractivity (Wildman–Crippen MR) is 50.3 cm³/mol. The third-order valence-corrected chi connectivity index (χ3v) is 1.85. The number of nitrogens with zero attached hydrogens (tertiary/aromatic N) is 1. The van der Waals surface area contributed by atoms with Gasteiger partial charge in [-0.05, 0) is 27.2 Å². The first kappa shape index (κ1) is 11.4. The van der Waals surface area contributed by atoms with Crippen molar-refractivity contribution in [1.82, 2.24) is 0 Å². The molecule has 1 N–H and O–H groups in total. The summed E-state index contributed by atoms with van der Waals surface area (Å²) in [5, 5.41) is 13.6. The summed E-state index contributed by atoms with van der Waals surface area (Å²) in [7, 11) is 0. The normalized spacial score (nSPS) is 17.2. The average molecular weight is 173 g/mol. The molecule has 0 aliphatic heterocycles. The zero-order valence-electron chi connectivity index (χ0n) is 8.42. The van der Waals surface area contributed by atoms with E-state index in [-0.39, 0.29) is 0 Å². The van der Waals surface area contributed by atoms with Crippen LogP contribution in [0.4, 0.5) is 0 Å². The predicted octanol–water partition coefficient (Wildman–Crippen LogP) is 1.95. The van der Waals surface area contributed by atoms with E-state index >= 15 is 0 Å². The summed E-state index contributed by atoms with van der Waals surface area (Å²) in [4.78, 5) is 4.86. The van der Waals surface area contributed by atoms with Gasteiger partial charge in [0.25, 0.3) is 0 Å². The fourth-order valence-electron chi connectivity index (χ4n) is 0.927. The van der Waals surface area contributed by atoms with Gasteiger partial charge in [-0.2, -0.15) is 0 Å². The lowest BCUT2D eigenvalue weighted by Crippen LogP contribution is -2.33. The van der Waals surface area contributed by atoms with Gasteiger partial charge >= 0.3 is 0 Å². The van der Waals surface area contributed by atoms with E-state index in [0.29, 0.717) is 12.3 Å². The van der Waals surface area contributed by atoms with Crippen LogP contribution in [0.15, 0.2) is 5.16 Å². The minimum Gasteiger partial charge on any atom is -0.396 e. The lowest BCUT2D eigenvalue weighted by Gasteiger charge is -2.21. The molecule has 0 amide bonds. The van der Waals surface area contributed by atoms with Crippen molar-refractivity contribution >= 4 is 5.71 Å². The van der Waals surface area contributed by atoms with Crippen molar-refractivity contribution in [2.45, 2.75) is 46.1 Å². The van der Waals surface area contributed by atoms with Crippen LogP contribution >= 0.6 is 0 Å². The Morgan fingerprint density at radius 3 is 2.50 bits per heavy atom. The molecule has 0 aliphatic carbocycles. The lowest BCUT2D eigenvalue weighted by molar-refractivity contribution is 0.104. The molecule has 0 rings (SSSR count). The van der Waals surface area contributed by atoms with Crippen LogP contribution in [-0.4, -0.2) is 23.0 Å². The molecule has 0 saturated heterocycles. The quantitative estimate of drug-likeness (QED) is 0.510. The minimum atomic E-state index is -0.816. The van der Waals surface area contributed by atoms with Crippen molar-refractivity contribution in [3.63, 3.8) is 0 Å². The van der Waals surface area contributed by atoms with E-state index in [2.05, 4.69) is 5.16 Å². The van der Waals surface area contributed by atoms with Crippen molar-refractivity contribution < 1.29 is 9.94 Å². The van der Waals surface area contributed by atoms with Gasteiger partial charge in [-0.25, -0.2) is 0 Å². The fraction of sp³-hybridized carbons (Fsp3) is 0.889. The zero-order chi connectivity index (χ0) is 9.61. The number of rotatable bonds is 5. The molecular formula is C9H19NO2. The Bertz CT molecular complexity index is 153. The van der Waals surface area contributed by atoms with E-state index in [1.54, 1.807) is 13.8 Å². The van der Waals surface area contributed by atoms with E-state index in [0.717, 1.165) is 12.8 Å². The molecule has 0 heterocycles. The van der Waals surface area contributed by atoms with Gasteiger partial charge in [0.05, 0.1) is 5.71 Å². The number of hydrogen-bond donors (Lipinski definition) is 1. The molecule has 1 unspecified atom stereocenters. The maximum Gasteiger partial charge on any atom is 0.114 e. The third kappa shape index (κ3) is 3.72. The summed E-state index contributed by atoms with van der Waals surface area (Å²) < 4.78 is 0. The Balaban J connectivity index is 4.12. The van der Waals surface area contributed by atoms with E-state index in [1.807, 2.05) is 13.8 Å². The van der Waals surface area contributed by atoms with E-state index in [4.69, 9.17) is 4.84 Å². The molecule has 0 radical (unpaired) electrons. The van der Waals surface area contributed by atoms with Crippen molar-refractivity contribution in [1.29, 1.82) is 0 Å². The Kier molecular flexibility index (Phi) is 4.90. The molecule has 0 aromatic heterocycles. The molecule has 12 heavy (non-hydrogen) atoms. The number of hydrogen-bond acceptors (Lipinski definition) is 3. The topological polar surface area (TPSA) is 41.8 Å². The summed E-state index contributed by atoms with van der Waals surface area (Å²) >= 11 is 0. The fourth-order valence-corrected chi connectivity index (χ4v) is 0.927. The molecule has 0 aliphatic rings. The molecule has 0 spiro atoms. The summed E-state index contributed by atoms with van der Waals surface area (Å²) in [6.45, 7) is 7.98. The van der Waals surface area contributed by atoms with E-state index < -0.39 is 5.60 Å². The summed E-state index contributed by atoms with van der Waals surface area (Å²) in [6.07, 6.45) is 1.65. The first-order valence-electron chi connectivity index (χ1n) is 4.44. The highest BCUT2D eigenvalue weighted by atomic mass is 16.6. The molecule has 3 nitrogen and oxygen atoms in total. The van der Waals surface area contributed by atoms with Crippen molar-refractivity contribution in [3.8, 4) is 0 Å². The van der Waals surface area contributed by atoms with Gasteiger partial charge in [0.15, 0.2) is 0 Å². The molecule has 0 fully saturated rings. The standard InChI is InChI=1S/C9H19NO2/c1-5-7-9(4,11)8(3)10-12-6-2/h11H,5-7H2,1-4H3/b10-8+. The summed E-state index contributed by atoms with van der Waals surface area (Å²) in [5.41, 5.74) is -0.171. The second-order valence-corrected chi connectivity index (χ2v) is 3.12. The average Bonchev–Trinajstić information content (AvgIpc) is 2.00. The second kappa shape index (κ2) is 5.14. The van der Waals surface area contributed by atoms with Gasteiger partial charge in [-0.3, -0.25) is 0 Å². The molecular weight excluding hydrogens is 154 g/mol. The van der Waals surface area contributed by atoms with Crippen LogP contribution in [0.5, 0.6) is 0 Å². The SMILES string of the molecule is CCCC(C)(O)/C(C)=N/OCC. The first-order chi connectivity index (χ1) is 5.54. The van der Waals surface area contributed by atoms with Crippen LogP contribution in [0.3, 0.4) is 0 Å². The highest BCUT2D eigenvalue weighted by Gasteiger charge is 2.23. The third-order valence-electron chi connectivity index (χ3n) is 1.85. The molecule has 1 atom stereocenters. The van der Waals surface area contributed by atoms with E-state index in [1.165, 1.54) is 0 Å². The Labute approximate surface area is 74.4 Å². The van der Waals surface area contributed by atoms with Crippen LogP contribution in [0, 0.1) is 0 Å². The van der Waals surface area contributed by atoms with Gasteiger partial charge in [-0.15, -0.1) is 0 Å². The smallest absolute Gasteiger partial charge is 0.114 e. The van der Waals surface area contributed by atoms with Gasteiger partial charge < -0.3 is 9.94 Å². The molecule has 3 heteroatoms. The highest BCUT2D eigenvalue weighted by molar-refractivity contribution is 5.89. The van der Waals surface area contributed by atoms with Crippen molar-refractivity contribution in [2.75, 3.05) is 6.61 Å². The zero-order valence-corrected chi connectivity index (χ0v) is 8.42. The van der Waals surface area contributed by atoms with Crippen LogP contribution in [0.25, 0.3) is 0 Å². The molecule has 72 valence electrons. The van der Waals surface area contributed by atoms with Gasteiger partial charge in [0.2, 0.25) is 0 Å². The van der Waals surface area contributed by atoms with Gasteiger partial charge in [0, 0.05) is 0 Å². The maximum atomic E-state index is 9.80. The van der Waals surface area contributed by atoms with Crippen LogP contribution in [0.2, 0.25) is 0 Å². The first-order valence-corrected chi connectivity index (χ1v) is 4.44. The molecule has 0 aromatic rings. The highest BCUT2D eigenvalue weighted by Crippen LogP contribution is 2.13. The summed E-state index contributed by atoms with van der Waals surface area (Å²) in [5.74, 6) is 0. The van der Waals surface area contributed by atoms with Crippen LogP contribution in [0.1, 0.15) is 40.5 Å². The largest absolute Gasteiger partial charge is 0.396 e. The number of oxime groups is 1. The van der Waals surface area contributed by atoms with Gasteiger partial charge in [0.1, 0.15) is 12.2 Å². The minimum absolute atomic E-state index is 0.541. The lowest BCUT2D eigenvalue weighted by atomic mass is 9.96. The Morgan fingerprint density at radius 2 is 2.08 bits per heavy atom. The summed E-state index contributed by atoms with van der Waals surface area (Å²) in [6, 6.07) is 0. The maximum absolute atomic E-state index is 9.80. The van der Waals surface area contributed by atoms with Crippen molar-refractivity contribution in [3.05, 3.63) is 0 Å². The number of aliphatic hydroxyl groups is 1. The monoisotopic (exact) mass is 173 g/mol. The van der Waals surface area contributed by atoms with Crippen molar-refractivity contribution in [2.24, 2.45) is 5.16 Å². The molecule has 0 bridgehead atoms. The molecule has 0 aromatic carbocycles. The van der Waals surface area contributed by atoms with E-state index in [9.17, 15) is 5.11 Å². The van der Waals surface area contributed by atoms with Crippen LogP contribution < -0.4 is 0 Å². The van der Waals surface area contributed by atoms with Crippen LogP contribution in [-0.2, 0) is 4.84 Å². The van der Waals surface area contributed by atoms with Gasteiger partial charge in [-0.1, -0.05) is 18.5 Å². The Morgan fingerprint density at radius 1 is 1.50 bits per heavy atom. The Hall–Kier alpha value is -0.570. The second-order valence-electron chi connectivity index (χ2n) is 3.12.